The van der Waals surface area contributed by atoms with Crippen LogP contribution in [0.3, 0.4) is 0 Å². The summed E-state index contributed by atoms with van der Waals surface area (Å²) in [6.07, 6.45) is 9.55. The van der Waals surface area contributed by atoms with Crippen LogP contribution in [-0.4, -0.2) is 105 Å². The van der Waals surface area contributed by atoms with Crippen molar-refractivity contribution in [2.45, 2.75) is 33.2 Å². The molecule has 0 saturated carbocycles. The molecule has 13 nitrogen and oxygen atoms in total. The number of ether oxygens (including phenoxy) is 2. The number of piperazine rings is 1. The highest BCUT2D eigenvalue weighted by Gasteiger charge is 2.29. The van der Waals surface area contributed by atoms with Crippen molar-refractivity contribution in [3.8, 4) is 22.6 Å². The SMILES string of the molecule is COc1cccnc1N1CCN(C(=O)c2cc3c(-c4cnc(C)c(C)c4OC)cc(C4=CCCN(C(=O)CCn5ccnn5)C4)c(F)c3[nH]2)CC1.[HH]. The highest BCUT2D eigenvalue weighted by Crippen LogP contribution is 2.41. The topological polar surface area (TPSA) is 135 Å². The third kappa shape index (κ3) is 6.48. The molecular weight excluding hydrogens is 653 g/mol. The predicted molar refractivity (Wildman–Crippen MR) is 192 cm³/mol. The molecule has 0 unspecified atom stereocenters. The molecule has 1 fully saturated rings. The average molecular weight is 696 g/mol. The van der Waals surface area contributed by atoms with E-state index in [2.05, 4.69) is 30.2 Å². The van der Waals surface area contributed by atoms with Gasteiger partial charge in [-0.2, -0.15) is 0 Å². The van der Waals surface area contributed by atoms with Gasteiger partial charge in [0, 0.05) is 93.5 Å². The highest BCUT2D eigenvalue weighted by atomic mass is 19.1. The van der Waals surface area contributed by atoms with E-state index in [4.69, 9.17) is 9.47 Å². The Hall–Kier alpha value is -5.79. The van der Waals surface area contributed by atoms with Crippen molar-refractivity contribution in [2.24, 2.45) is 0 Å². The van der Waals surface area contributed by atoms with Gasteiger partial charge in [-0.3, -0.25) is 19.3 Å². The van der Waals surface area contributed by atoms with Crippen molar-refractivity contribution in [2.75, 3.05) is 58.4 Å². The first kappa shape index (κ1) is 33.7. The molecule has 0 spiro atoms. The van der Waals surface area contributed by atoms with E-state index in [0.29, 0.717) is 84.8 Å². The molecule has 266 valence electrons. The number of anilines is 1. The first-order valence-electron chi connectivity index (χ1n) is 17.0. The normalized spacial score (nSPS) is 14.9. The molecule has 4 aromatic heterocycles. The third-order valence-electron chi connectivity index (χ3n) is 9.81. The number of nitrogens with zero attached hydrogens (tertiary/aromatic N) is 8. The molecule has 2 amide bonds. The Bertz CT molecular complexity index is 2130. The van der Waals surface area contributed by atoms with E-state index >= 15 is 4.39 Å². The number of hydrogen-bond donors (Lipinski definition) is 1. The minimum absolute atomic E-state index is 0. The number of pyridine rings is 2. The maximum Gasteiger partial charge on any atom is 0.270 e. The number of halogens is 1. The summed E-state index contributed by atoms with van der Waals surface area (Å²) in [5.41, 5.74) is 4.57. The molecule has 51 heavy (non-hydrogen) atoms. The lowest BCUT2D eigenvalue weighted by atomic mass is 9.92. The molecule has 1 N–H and O–H groups in total. The number of rotatable bonds is 9. The fraction of sp³-hybridized carbons (Fsp3) is 0.351. The van der Waals surface area contributed by atoms with E-state index in [-0.39, 0.29) is 37.4 Å². The van der Waals surface area contributed by atoms with Crippen molar-refractivity contribution >= 4 is 34.1 Å². The number of carbonyl (C=O) groups excluding carboxylic acids is 2. The highest BCUT2D eigenvalue weighted by molar-refractivity contribution is 6.05. The van der Waals surface area contributed by atoms with Gasteiger partial charge in [0.1, 0.15) is 11.4 Å². The number of aromatic nitrogens is 6. The molecule has 6 heterocycles. The molecule has 0 bridgehead atoms. The van der Waals surface area contributed by atoms with Crippen LogP contribution in [-0.2, 0) is 11.3 Å². The first-order chi connectivity index (χ1) is 24.8. The number of aromatic amines is 1. The Labute approximate surface area is 296 Å². The Morgan fingerprint density at radius 2 is 1.80 bits per heavy atom. The van der Waals surface area contributed by atoms with Gasteiger partial charge in [0.2, 0.25) is 5.91 Å². The number of amides is 2. The van der Waals surface area contributed by atoms with Crippen LogP contribution in [0.1, 0.15) is 41.6 Å². The van der Waals surface area contributed by atoms with Crippen LogP contribution < -0.4 is 14.4 Å². The van der Waals surface area contributed by atoms with Gasteiger partial charge in [-0.1, -0.05) is 11.3 Å². The number of methoxy groups -OCH3 is 2. The zero-order valence-corrected chi connectivity index (χ0v) is 29.1. The van der Waals surface area contributed by atoms with Gasteiger partial charge < -0.3 is 29.2 Å². The van der Waals surface area contributed by atoms with Gasteiger partial charge in [-0.05, 0) is 55.7 Å². The molecule has 0 radical (unpaired) electrons. The summed E-state index contributed by atoms with van der Waals surface area (Å²) in [6.45, 7) is 7.08. The van der Waals surface area contributed by atoms with Gasteiger partial charge in [-0.25, -0.2) is 9.37 Å². The number of aryl methyl sites for hydroxylation is 2. The van der Waals surface area contributed by atoms with Crippen molar-refractivity contribution < 1.29 is 24.9 Å². The van der Waals surface area contributed by atoms with Gasteiger partial charge in [0.05, 0.1) is 32.5 Å². The molecule has 2 aliphatic rings. The van der Waals surface area contributed by atoms with E-state index in [0.717, 1.165) is 17.1 Å². The summed E-state index contributed by atoms with van der Waals surface area (Å²) in [7, 11) is 3.22. The Balaban J connectivity index is 0.00000464. The smallest absolute Gasteiger partial charge is 0.270 e. The van der Waals surface area contributed by atoms with Crippen LogP contribution in [0.2, 0.25) is 0 Å². The quantitative estimate of drug-likeness (QED) is 0.229. The second kappa shape index (κ2) is 14.2. The Morgan fingerprint density at radius 1 is 0.980 bits per heavy atom. The molecule has 14 heteroatoms. The first-order valence-corrected chi connectivity index (χ1v) is 17.0. The zero-order valence-electron chi connectivity index (χ0n) is 29.1. The lowest BCUT2D eigenvalue weighted by Gasteiger charge is -2.35. The summed E-state index contributed by atoms with van der Waals surface area (Å²) >= 11 is 0. The standard InChI is InChI=1S/C37H40FN9O4.H2/c1-23-24(2)40-21-29(35(23)51-4)27-19-26(25-7-6-12-46(22-25)32(48)9-13-47-14-11-41-43-47)33(38)34-28(27)20-30(42-34)37(49)45-17-15-44(16-18-45)36-31(50-3)8-5-10-39-36;/h5,7-8,10-11,14,19-21,42H,6,9,12-13,15-18,22H2,1-4H3;1H. The lowest BCUT2D eigenvalue weighted by Crippen LogP contribution is -2.49. The fourth-order valence-corrected chi connectivity index (χ4v) is 6.91. The van der Waals surface area contributed by atoms with Gasteiger partial charge >= 0.3 is 0 Å². The second-order valence-electron chi connectivity index (χ2n) is 12.7. The molecular formula is C37H42FN9O4. The van der Waals surface area contributed by atoms with E-state index in [1.54, 1.807) is 65.6 Å². The van der Waals surface area contributed by atoms with Gasteiger partial charge in [0.25, 0.3) is 5.91 Å². The third-order valence-corrected chi connectivity index (χ3v) is 9.81. The van der Waals surface area contributed by atoms with E-state index < -0.39 is 5.82 Å². The van der Waals surface area contributed by atoms with Crippen LogP contribution in [0.5, 0.6) is 11.5 Å². The van der Waals surface area contributed by atoms with E-state index in [9.17, 15) is 9.59 Å². The Kier molecular flexibility index (Phi) is 9.39. The van der Waals surface area contributed by atoms with Gasteiger partial charge in [-0.15, -0.1) is 5.10 Å². The maximum atomic E-state index is 16.8. The van der Waals surface area contributed by atoms with Crippen LogP contribution in [0.4, 0.5) is 10.2 Å². The number of nitrogens with one attached hydrogen (secondary N) is 1. The van der Waals surface area contributed by atoms with Crippen LogP contribution >= 0.6 is 0 Å². The molecule has 1 saturated heterocycles. The minimum atomic E-state index is -0.487. The van der Waals surface area contributed by atoms with Crippen molar-refractivity contribution in [3.63, 3.8) is 0 Å². The second-order valence-corrected chi connectivity index (χ2v) is 12.7. The minimum Gasteiger partial charge on any atom is -0.496 e. The number of H-pyrrole nitrogens is 1. The molecule has 2 aliphatic heterocycles. The summed E-state index contributed by atoms with van der Waals surface area (Å²) in [6, 6.07) is 7.20. The van der Waals surface area contributed by atoms with Crippen LogP contribution in [0.15, 0.2) is 55.1 Å². The maximum absolute atomic E-state index is 16.8. The molecule has 1 aromatic carbocycles. The molecule has 0 atom stereocenters. The average Bonchev–Trinajstić information content (AvgIpc) is 3.86. The monoisotopic (exact) mass is 695 g/mol. The van der Waals surface area contributed by atoms with Crippen molar-refractivity contribution in [3.05, 3.63) is 83.5 Å². The van der Waals surface area contributed by atoms with Crippen molar-refractivity contribution in [1.29, 1.82) is 0 Å². The number of benzene rings is 1. The van der Waals surface area contributed by atoms with E-state index in [1.165, 1.54) is 0 Å². The number of carbonyl (C=O) groups is 2. The largest absolute Gasteiger partial charge is 0.496 e. The number of hydrogen-bond acceptors (Lipinski definition) is 9. The van der Waals surface area contributed by atoms with E-state index in [1.807, 2.05) is 32.1 Å². The molecule has 5 aromatic rings. The zero-order chi connectivity index (χ0) is 35.6. The van der Waals surface area contributed by atoms with Crippen molar-refractivity contribution in [1.82, 2.24) is 39.7 Å². The lowest BCUT2D eigenvalue weighted by molar-refractivity contribution is -0.131. The summed E-state index contributed by atoms with van der Waals surface area (Å²) in [5.74, 6) is 1.28. The molecule has 0 aliphatic carbocycles. The summed E-state index contributed by atoms with van der Waals surface area (Å²) in [4.78, 5) is 45.1. The molecule has 7 rings (SSSR count). The number of fused-ring (bicyclic) bond motifs is 1. The fourth-order valence-electron chi connectivity index (χ4n) is 6.91. The van der Waals surface area contributed by atoms with Crippen LogP contribution in [0.25, 0.3) is 27.6 Å². The summed E-state index contributed by atoms with van der Waals surface area (Å²) in [5, 5.41) is 8.29. The van der Waals surface area contributed by atoms with Crippen LogP contribution in [0, 0.1) is 19.7 Å². The Morgan fingerprint density at radius 3 is 2.55 bits per heavy atom. The predicted octanol–water partition coefficient (Wildman–Crippen LogP) is 4.90. The summed E-state index contributed by atoms with van der Waals surface area (Å²) < 4.78 is 29.8. The van der Waals surface area contributed by atoms with Gasteiger partial charge in [0.15, 0.2) is 17.4 Å².